The lowest BCUT2D eigenvalue weighted by Crippen LogP contribution is -2.37. The lowest BCUT2D eigenvalue weighted by molar-refractivity contribution is -0.131. The van der Waals surface area contributed by atoms with Gasteiger partial charge in [-0.2, -0.15) is 0 Å². The van der Waals surface area contributed by atoms with Crippen LogP contribution in [0.1, 0.15) is 36.3 Å². The van der Waals surface area contributed by atoms with E-state index < -0.39 is 0 Å². The predicted octanol–water partition coefficient (Wildman–Crippen LogP) is 1.86. The van der Waals surface area contributed by atoms with E-state index in [1.54, 1.807) is 4.90 Å². The minimum Gasteiger partial charge on any atom is -0.376 e. The maximum absolute atomic E-state index is 12.2. The zero-order chi connectivity index (χ0) is 13.8. The van der Waals surface area contributed by atoms with Crippen LogP contribution >= 0.6 is 0 Å². The van der Waals surface area contributed by atoms with Gasteiger partial charge in [-0.3, -0.25) is 4.79 Å². The number of likely N-dealkylation sites (N-methyl/N-ethyl adjacent to an activating group) is 1. The molecule has 0 aliphatic carbocycles. The van der Waals surface area contributed by atoms with Crippen LogP contribution in [-0.2, 0) is 16.0 Å². The molecular formula is C14H22N2O3. The van der Waals surface area contributed by atoms with Gasteiger partial charge in [0.2, 0.25) is 5.91 Å². The van der Waals surface area contributed by atoms with E-state index in [2.05, 4.69) is 5.16 Å². The summed E-state index contributed by atoms with van der Waals surface area (Å²) in [7, 11) is 1.83. The van der Waals surface area contributed by atoms with E-state index in [0.717, 1.165) is 36.5 Å². The molecule has 1 aromatic rings. The van der Waals surface area contributed by atoms with Gasteiger partial charge in [-0.05, 0) is 33.1 Å². The topological polar surface area (TPSA) is 55.6 Å². The molecule has 0 unspecified atom stereocenters. The molecule has 19 heavy (non-hydrogen) atoms. The Balaban J connectivity index is 1.88. The van der Waals surface area contributed by atoms with E-state index in [4.69, 9.17) is 9.26 Å². The second-order valence-corrected chi connectivity index (χ2v) is 5.24. The van der Waals surface area contributed by atoms with Crippen LogP contribution < -0.4 is 0 Å². The molecule has 1 saturated heterocycles. The van der Waals surface area contributed by atoms with Crippen molar-refractivity contribution in [1.82, 2.24) is 10.1 Å². The second-order valence-electron chi connectivity index (χ2n) is 5.24. The molecule has 0 N–H and O–H groups in total. The maximum atomic E-state index is 12.2. The Bertz CT molecular complexity index is 416. The van der Waals surface area contributed by atoms with E-state index in [-0.39, 0.29) is 12.0 Å². The molecule has 0 bridgehead atoms. The molecule has 0 spiro atoms. The highest BCUT2D eigenvalue weighted by Gasteiger charge is 2.21. The molecule has 1 aliphatic rings. The summed E-state index contributed by atoms with van der Waals surface area (Å²) in [4.78, 5) is 13.9. The number of carbonyl (C=O) groups is 1. The molecule has 2 heterocycles. The van der Waals surface area contributed by atoms with Crippen LogP contribution in [0.25, 0.3) is 0 Å². The first-order valence-electron chi connectivity index (χ1n) is 6.85. The van der Waals surface area contributed by atoms with Crippen LogP contribution in [0.3, 0.4) is 0 Å². The Hall–Kier alpha value is -1.36. The molecule has 1 fully saturated rings. The van der Waals surface area contributed by atoms with Gasteiger partial charge in [0.05, 0.1) is 18.2 Å². The SMILES string of the molecule is Cc1noc(C)c1CC(=O)N(C)C[C@H]1CCCCO1. The van der Waals surface area contributed by atoms with Crippen molar-refractivity contribution in [3.63, 3.8) is 0 Å². The van der Waals surface area contributed by atoms with Crippen LogP contribution in [0.15, 0.2) is 4.52 Å². The van der Waals surface area contributed by atoms with E-state index >= 15 is 0 Å². The van der Waals surface area contributed by atoms with Crippen molar-refractivity contribution in [2.24, 2.45) is 0 Å². The fourth-order valence-corrected chi connectivity index (χ4v) is 2.40. The van der Waals surface area contributed by atoms with Gasteiger partial charge in [0.15, 0.2) is 0 Å². The van der Waals surface area contributed by atoms with E-state index in [0.29, 0.717) is 13.0 Å². The third-order valence-electron chi connectivity index (χ3n) is 3.69. The van der Waals surface area contributed by atoms with Gasteiger partial charge in [0.1, 0.15) is 5.76 Å². The van der Waals surface area contributed by atoms with Crippen molar-refractivity contribution in [2.45, 2.75) is 45.6 Å². The smallest absolute Gasteiger partial charge is 0.227 e. The average molecular weight is 266 g/mol. The summed E-state index contributed by atoms with van der Waals surface area (Å²) < 4.78 is 10.7. The summed E-state index contributed by atoms with van der Waals surface area (Å²) >= 11 is 0. The highest BCUT2D eigenvalue weighted by molar-refractivity contribution is 5.79. The lowest BCUT2D eigenvalue weighted by atomic mass is 10.1. The van der Waals surface area contributed by atoms with Crippen molar-refractivity contribution >= 4 is 5.91 Å². The van der Waals surface area contributed by atoms with E-state index in [9.17, 15) is 4.79 Å². The van der Waals surface area contributed by atoms with Gasteiger partial charge in [-0.25, -0.2) is 0 Å². The molecule has 1 atom stereocenters. The van der Waals surface area contributed by atoms with Gasteiger partial charge >= 0.3 is 0 Å². The van der Waals surface area contributed by atoms with Crippen molar-refractivity contribution < 1.29 is 14.1 Å². The molecule has 1 aromatic heterocycles. The first kappa shape index (κ1) is 14.1. The van der Waals surface area contributed by atoms with Crippen molar-refractivity contribution in [1.29, 1.82) is 0 Å². The number of nitrogens with zero attached hydrogens (tertiary/aromatic N) is 2. The highest BCUT2D eigenvalue weighted by atomic mass is 16.5. The Morgan fingerprint density at radius 1 is 1.42 bits per heavy atom. The fourth-order valence-electron chi connectivity index (χ4n) is 2.40. The number of ether oxygens (including phenoxy) is 1. The Morgan fingerprint density at radius 3 is 2.79 bits per heavy atom. The predicted molar refractivity (Wildman–Crippen MR) is 70.9 cm³/mol. The summed E-state index contributed by atoms with van der Waals surface area (Å²) in [5, 5.41) is 3.87. The molecule has 0 radical (unpaired) electrons. The van der Waals surface area contributed by atoms with E-state index in [1.165, 1.54) is 6.42 Å². The fraction of sp³-hybridized carbons (Fsp3) is 0.714. The average Bonchev–Trinajstić information content (AvgIpc) is 2.71. The monoisotopic (exact) mass is 266 g/mol. The first-order valence-corrected chi connectivity index (χ1v) is 6.85. The minimum atomic E-state index is 0.0866. The summed E-state index contributed by atoms with van der Waals surface area (Å²) in [6.07, 6.45) is 3.91. The van der Waals surface area contributed by atoms with Crippen LogP contribution in [0, 0.1) is 13.8 Å². The van der Waals surface area contributed by atoms with Crippen molar-refractivity contribution in [2.75, 3.05) is 20.2 Å². The quantitative estimate of drug-likeness (QED) is 0.834. The maximum Gasteiger partial charge on any atom is 0.227 e. The minimum absolute atomic E-state index is 0.0866. The Morgan fingerprint density at radius 2 is 2.21 bits per heavy atom. The van der Waals surface area contributed by atoms with Gasteiger partial charge < -0.3 is 14.2 Å². The second kappa shape index (κ2) is 6.19. The van der Waals surface area contributed by atoms with Crippen LogP contribution in [0.2, 0.25) is 0 Å². The number of hydrogen-bond acceptors (Lipinski definition) is 4. The molecule has 106 valence electrons. The number of rotatable bonds is 4. The highest BCUT2D eigenvalue weighted by Crippen LogP contribution is 2.16. The first-order chi connectivity index (χ1) is 9.08. The largest absolute Gasteiger partial charge is 0.376 e. The van der Waals surface area contributed by atoms with Crippen molar-refractivity contribution in [3.05, 3.63) is 17.0 Å². The molecular weight excluding hydrogens is 244 g/mol. The summed E-state index contributed by atoms with van der Waals surface area (Å²) in [5.74, 6) is 0.816. The third kappa shape index (κ3) is 3.56. The lowest BCUT2D eigenvalue weighted by Gasteiger charge is -2.27. The number of amides is 1. The van der Waals surface area contributed by atoms with Crippen LogP contribution in [0.4, 0.5) is 0 Å². The Kier molecular flexibility index (Phi) is 4.58. The molecule has 5 heteroatoms. The zero-order valence-corrected chi connectivity index (χ0v) is 11.9. The van der Waals surface area contributed by atoms with Gasteiger partial charge in [-0.1, -0.05) is 5.16 Å². The Labute approximate surface area is 113 Å². The normalized spacial score (nSPS) is 19.4. The molecule has 1 amide bonds. The molecule has 5 nitrogen and oxygen atoms in total. The van der Waals surface area contributed by atoms with E-state index in [1.807, 2.05) is 20.9 Å². The van der Waals surface area contributed by atoms with Gasteiger partial charge in [-0.15, -0.1) is 0 Å². The summed E-state index contributed by atoms with van der Waals surface area (Å²) in [5.41, 5.74) is 1.70. The van der Waals surface area contributed by atoms with Crippen molar-refractivity contribution in [3.8, 4) is 0 Å². The number of aromatic nitrogens is 1. The molecule has 1 aliphatic heterocycles. The zero-order valence-electron chi connectivity index (χ0n) is 11.9. The molecule has 0 saturated carbocycles. The summed E-state index contributed by atoms with van der Waals surface area (Å²) in [6, 6.07) is 0. The number of hydrogen-bond donors (Lipinski definition) is 0. The van der Waals surface area contributed by atoms with Crippen LogP contribution in [-0.4, -0.2) is 42.3 Å². The number of carbonyl (C=O) groups excluding carboxylic acids is 1. The van der Waals surface area contributed by atoms with Gasteiger partial charge in [0.25, 0.3) is 0 Å². The third-order valence-corrected chi connectivity index (χ3v) is 3.69. The molecule has 0 aromatic carbocycles. The van der Waals surface area contributed by atoms with Crippen LogP contribution in [0.5, 0.6) is 0 Å². The molecule has 2 rings (SSSR count). The van der Waals surface area contributed by atoms with Gasteiger partial charge in [0, 0.05) is 25.8 Å². The number of aryl methyl sites for hydroxylation is 2. The summed E-state index contributed by atoms with van der Waals surface area (Å²) in [6.45, 7) is 5.19. The standard InChI is InChI=1S/C14H22N2O3/c1-10-13(11(2)19-15-10)8-14(17)16(3)9-12-6-4-5-7-18-12/h12H,4-9H2,1-3H3/t12-/m1/s1.